The molecule has 0 unspecified atom stereocenters. The molecular formula is C15H15F3N4. The summed E-state index contributed by atoms with van der Waals surface area (Å²) in [7, 11) is 0. The zero-order chi connectivity index (χ0) is 16.1. The van der Waals surface area contributed by atoms with Crippen molar-refractivity contribution in [2.75, 3.05) is 0 Å². The van der Waals surface area contributed by atoms with E-state index < -0.39 is 11.9 Å². The summed E-state index contributed by atoms with van der Waals surface area (Å²) in [6, 6.07) is 3.62. The number of aromatic amines is 1. The fourth-order valence-corrected chi connectivity index (χ4v) is 2.49. The molecule has 3 rings (SSSR count). The molecule has 1 aromatic carbocycles. The molecule has 0 saturated heterocycles. The summed E-state index contributed by atoms with van der Waals surface area (Å²) in [5.41, 5.74) is 1.49. The minimum Gasteiger partial charge on any atom is -0.303 e. The molecule has 2 aromatic heterocycles. The van der Waals surface area contributed by atoms with Crippen LogP contribution in [0.1, 0.15) is 36.8 Å². The molecule has 2 heterocycles. The fraction of sp³-hybridized carbons (Fsp3) is 0.333. The number of aryl methyl sites for hydroxylation is 1. The maximum absolute atomic E-state index is 13.0. The lowest BCUT2D eigenvalue weighted by atomic mass is 10.1. The van der Waals surface area contributed by atoms with Gasteiger partial charge < -0.3 is 4.57 Å². The van der Waals surface area contributed by atoms with Crippen LogP contribution in [0.5, 0.6) is 0 Å². The lowest BCUT2D eigenvalue weighted by Crippen LogP contribution is -2.05. The molecule has 0 aliphatic heterocycles. The van der Waals surface area contributed by atoms with E-state index in [9.17, 15) is 13.2 Å². The van der Waals surface area contributed by atoms with Crippen LogP contribution in [-0.2, 0) is 6.18 Å². The number of nitrogens with one attached hydrogen (secondary N) is 1. The molecule has 7 heteroatoms. The maximum Gasteiger partial charge on any atom is 0.434 e. The highest BCUT2D eigenvalue weighted by Gasteiger charge is 2.35. The molecule has 116 valence electrons. The van der Waals surface area contributed by atoms with Gasteiger partial charge in [0.25, 0.3) is 0 Å². The van der Waals surface area contributed by atoms with Gasteiger partial charge in [-0.25, -0.2) is 4.98 Å². The summed E-state index contributed by atoms with van der Waals surface area (Å²) in [5.74, 6) is 0.250. The van der Waals surface area contributed by atoms with Gasteiger partial charge in [0.15, 0.2) is 5.69 Å². The number of aromatic nitrogens is 4. The lowest BCUT2D eigenvalue weighted by molar-refractivity contribution is -0.141. The highest BCUT2D eigenvalue weighted by atomic mass is 19.4. The molecule has 0 aliphatic carbocycles. The highest BCUT2D eigenvalue weighted by Crippen LogP contribution is 2.32. The smallest absolute Gasteiger partial charge is 0.303 e. The van der Waals surface area contributed by atoms with Crippen molar-refractivity contribution < 1.29 is 13.2 Å². The van der Waals surface area contributed by atoms with Crippen LogP contribution in [0.2, 0.25) is 0 Å². The van der Waals surface area contributed by atoms with Gasteiger partial charge in [0.2, 0.25) is 0 Å². The Balaban J connectivity index is 2.22. The first-order valence-electron chi connectivity index (χ1n) is 6.88. The van der Waals surface area contributed by atoms with Crippen molar-refractivity contribution in [1.29, 1.82) is 0 Å². The Morgan fingerprint density at radius 3 is 2.59 bits per heavy atom. The van der Waals surface area contributed by atoms with Crippen LogP contribution in [0.4, 0.5) is 13.2 Å². The molecule has 0 aliphatic rings. The van der Waals surface area contributed by atoms with Gasteiger partial charge in [0.1, 0.15) is 5.82 Å². The third-order valence-corrected chi connectivity index (χ3v) is 3.57. The quantitative estimate of drug-likeness (QED) is 0.771. The van der Waals surface area contributed by atoms with Crippen LogP contribution in [-0.4, -0.2) is 19.7 Å². The summed E-state index contributed by atoms with van der Waals surface area (Å²) < 4.78 is 40.4. The number of benzene rings is 1. The monoisotopic (exact) mass is 308 g/mol. The Labute approximate surface area is 125 Å². The molecule has 22 heavy (non-hydrogen) atoms. The van der Waals surface area contributed by atoms with Crippen molar-refractivity contribution in [1.82, 2.24) is 19.7 Å². The third kappa shape index (κ3) is 2.36. The number of hydrogen-bond acceptors (Lipinski definition) is 2. The molecule has 0 bridgehead atoms. The third-order valence-electron chi connectivity index (χ3n) is 3.57. The standard InChI is InChI=1S/C15H15F3N4/c1-8(2)14-20-13(15(16,17)18)7-22(14)10-4-9(3)11-6-19-21-12(11)5-10/h4-8H,1-3H3,(H,19,21). The van der Waals surface area contributed by atoms with Crippen molar-refractivity contribution in [2.45, 2.75) is 32.9 Å². The van der Waals surface area contributed by atoms with Gasteiger partial charge in [-0.1, -0.05) is 13.8 Å². The number of alkyl halides is 3. The largest absolute Gasteiger partial charge is 0.434 e. The van der Waals surface area contributed by atoms with E-state index in [1.165, 1.54) is 4.57 Å². The van der Waals surface area contributed by atoms with Crippen molar-refractivity contribution in [3.63, 3.8) is 0 Å². The van der Waals surface area contributed by atoms with Gasteiger partial charge >= 0.3 is 6.18 Å². The topological polar surface area (TPSA) is 46.5 Å². The Morgan fingerprint density at radius 1 is 1.23 bits per heavy atom. The number of fused-ring (bicyclic) bond motifs is 1. The second-order valence-electron chi connectivity index (χ2n) is 5.60. The molecule has 0 saturated carbocycles. The van der Waals surface area contributed by atoms with E-state index in [0.29, 0.717) is 11.5 Å². The van der Waals surface area contributed by atoms with Crippen molar-refractivity contribution in [3.8, 4) is 5.69 Å². The minimum absolute atomic E-state index is 0.131. The van der Waals surface area contributed by atoms with Crippen molar-refractivity contribution >= 4 is 10.9 Å². The molecule has 1 N–H and O–H groups in total. The van der Waals surface area contributed by atoms with Gasteiger partial charge in [-0.15, -0.1) is 0 Å². The number of rotatable bonds is 2. The highest BCUT2D eigenvalue weighted by molar-refractivity contribution is 5.83. The van der Waals surface area contributed by atoms with Gasteiger partial charge in [-0.05, 0) is 24.6 Å². The first kappa shape index (κ1) is 14.6. The molecule has 0 fully saturated rings. The molecule has 4 nitrogen and oxygen atoms in total. The maximum atomic E-state index is 13.0. The summed E-state index contributed by atoms with van der Waals surface area (Å²) in [4.78, 5) is 3.77. The van der Waals surface area contributed by atoms with E-state index in [0.717, 1.165) is 22.7 Å². The van der Waals surface area contributed by atoms with E-state index in [4.69, 9.17) is 0 Å². The van der Waals surface area contributed by atoms with Crippen LogP contribution < -0.4 is 0 Å². The average Bonchev–Trinajstić information content (AvgIpc) is 3.04. The van der Waals surface area contributed by atoms with Crippen LogP contribution in [0.25, 0.3) is 16.6 Å². The van der Waals surface area contributed by atoms with Gasteiger partial charge in [-0.2, -0.15) is 18.3 Å². The molecular weight excluding hydrogens is 293 g/mol. The Kier molecular flexibility index (Phi) is 3.23. The van der Waals surface area contributed by atoms with Crippen LogP contribution in [0.15, 0.2) is 24.5 Å². The van der Waals surface area contributed by atoms with Crippen LogP contribution in [0, 0.1) is 6.92 Å². The number of nitrogens with zero attached hydrogens (tertiary/aromatic N) is 3. The molecule has 0 amide bonds. The summed E-state index contributed by atoms with van der Waals surface area (Å²) in [6.07, 6.45) is -1.71. The fourth-order valence-electron chi connectivity index (χ4n) is 2.49. The zero-order valence-corrected chi connectivity index (χ0v) is 12.4. The lowest BCUT2D eigenvalue weighted by Gasteiger charge is -2.11. The van der Waals surface area contributed by atoms with Gasteiger partial charge in [0, 0.05) is 23.2 Å². The van der Waals surface area contributed by atoms with E-state index in [-0.39, 0.29) is 5.92 Å². The second kappa shape index (κ2) is 4.86. The van der Waals surface area contributed by atoms with E-state index in [1.54, 1.807) is 12.3 Å². The van der Waals surface area contributed by atoms with Crippen molar-refractivity contribution in [3.05, 3.63) is 41.6 Å². The molecule has 3 aromatic rings. The first-order valence-corrected chi connectivity index (χ1v) is 6.88. The Hall–Kier alpha value is -2.31. The van der Waals surface area contributed by atoms with E-state index in [1.807, 2.05) is 26.8 Å². The van der Waals surface area contributed by atoms with E-state index in [2.05, 4.69) is 15.2 Å². The van der Waals surface area contributed by atoms with Crippen molar-refractivity contribution in [2.24, 2.45) is 0 Å². The van der Waals surface area contributed by atoms with Crippen LogP contribution >= 0.6 is 0 Å². The average molecular weight is 308 g/mol. The second-order valence-corrected chi connectivity index (χ2v) is 5.60. The predicted molar refractivity (Wildman–Crippen MR) is 77.0 cm³/mol. The van der Waals surface area contributed by atoms with Gasteiger partial charge in [-0.3, -0.25) is 5.10 Å². The molecule has 0 radical (unpaired) electrons. The zero-order valence-electron chi connectivity index (χ0n) is 12.4. The normalized spacial score (nSPS) is 12.5. The summed E-state index contributed by atoms with van der Waals surface area (Å²) >= 11 is 0. The summed E-state index contributed by atoms with van der Waals surface area (Å²) in [5, 5.41) is 7.77. The van der Waals surface area contributed by atoms with Crippen LogP contribution in [0.3, 0.4) is 0 Å². The first-order chi connectivity index (χ1) is 10.3. The molecule has 0 atom stereocenters. The number of imidazole rings is 1. The number of hydrogen-bond donors (Lipinski definition) is 1. The molecule has 0 spiro atoms. The summed E-state index contributed by atoms with van der Waals surface area (Å²) in [6.45, 7) is 5.54. The predicted octanol–water partition coefficient (Wildman–Crippen LogP) is 4.20. The van der Waals surface area contributed by atoms with E-state index >= 15 is 0 Å². The minimum atomic E-state index is -4.46. The Morgan fingerprint density at radius 2 is 1.95 bits per heavy atom. The SMILES string of the molecule is Cc1cc(-n2cc(C(F)(F)F)nc2C(C)C)cc2[nH]ncc12. The number of halogens is 3. The number of H-pyrrole nitrogens is 1. The Bertz CT molecular complexity index is 827. The van der Waals surface area contributed by atoms with Gasteiger partial charge in [0.05, 0.1) is 11.7 Å².